The lowest BCUT2D eigenvalue weighted by atomic mass is 9.82. The monoisotopic (exact) mass is 806 g/mol. The molecule has 12 heteroatoms. The van der Waals surface area contributed by atoms with E-state index < -0.39 is 55.1 Å². The Labute approximate surface area is 338 Å². The molecule has 2 rings (SSSR count). The minimum atomic E-state index is -2.32. The zero-order chi connectivity index (χ0) is 42.0. The van der Waals surface area contributed by atoms with E-state index >= 15 is 0 Å². The van der Waals surface area contributed by atoms with Gasteiger partial charge >= 0.3 is 11.9 Å². The lowest BCUT2D eigenvalue weighted by Crippen LogP contribution is -2.57. The Morgan fingerprint density at radius 3 is 2.02 bits per heavy atom. The third-order valence-electron chi connectivity index (χ3n) is 11.0. The van der Waals surface area contributed by atoms with Crippen LogP contribution in [0, 0.1) is 5.92 Å². The number of benzene rings is 1. The number of carbonyl (C=O) groups excluding carboxylic acids is 3. The highest BCUT2D eigenvalue weighted by Gasteiger charge is 2.50. The van der Waals surface area contributed by atoms with E-state index in [0.717, 1.165) is 44.9 Å². The lowest BCUT2D eigenvalue weighted by Gasteiger charge is -2.38. The summed E-state index contributed by atoms with van der Waals surface area (Å²) in [6, 6.07) is 5.14. The molecule has 1 aliphatic rings. The zero-order valence-corrected chi connectivity index (χ0v) is 37.3. The summed E-state index contributed by atoms with van der Waals surface area (Å²) in [6.45, 7) is 19.1. The van der Waals surface area contributed by atoms with E-state index in [1.807, 2.05) is 6.08 Å². The van der Waals surface area contributed by atoms with Crippen molar-refractivity contribution in [2.75, 3.05) is 26.9 Å². The number of allylic oxidation sites excluding steroid dienone is 1. The molecule has 11 nitrogen and oxygen atoms in total. The molecule has 1 heterocycles. The van der Waals surface area contributed by atoms with Gasteiger partial charge in [-0.3, -0.25) is 4.79 Å². The van der Waals surface area contributed by atoms with Crippen molar-refractivity contribution < 1.29 is 48.0 Å². The molecule has 1 saturated heterocycles. The Bertz CT molecular complexity index is 1360. The van der Waals surface area contributed by atoms with E-state index in [4.69, 9.17) is 23.4 Å². The third kappa shape index (κ3) is 16.6. The molecule has 56 heavy (non-hydrogen) atoms. The smallest absolute Gasteiger partial charge is 0.339 e. The van der Waals surface area contributed by atoms with Gasteiger partial charge in [-0.15, -0.1) is 0 Å². The SMILES string of the molecule is CCCCCCCC1(CCCCCC/C=C/[C@H](C(=O)NC(Cc2ccc(O)cc2)C(=O)OC)[C@](O)(CCO[Si](C)(C)C(C)(C)C)C(=O)OC(C)(C)C)OCCO1. The van der Waals surface area contributed by atoms with Crippen LogP contribution >= 0.6 is 0 Å². The number of aliphatic hydroxyl groups is 1. The summed E-state index contributed by atoms with van der Waals surface area (Å²) in [7, 11) is -1.06. The van der Waals surface area contributed by atoms with Crippen LogP contribution in [0.3, 0.4) is 0 Å². The molecule has 1 aromatic carbocycles. The summed E-state index contributed by atoms with van der Waals surface area (Å²) in [5.74, 6) is -4.18. The van der Waals surface area contributed by atoms with E-state index in [-0.39, 0.29) is 30.2 Å². The number of phenols is 1. The average molecular weight is 806 g/mol. The van der Waals surface area contributed by atoms with Crippen molar-refractivity contribution >= 4 is 26.2 Å². The second-order valence-corrected chi connectivity index (χ2v) is 22.7. The van der Waals surface area contributed by atoms with Crippen LogP contribution in [0.2, 0.25) is 18.1 Å². The first-order valence-electron chi connectivity index (χ1n) is 20.9. The maximum atomic E-state index is 14.3. The van der Waals surface area contributed by atoms with E-state index in [9.17, 15) is 24.6 Å². The van der Waals surface area contributed by atoms with E-state index in [2.05, 4.69) is 46.1 Å². The Balaban J connectivity index is 2.28. The quantitative estimate of drug-likeness (QED) is 0.0379. The number of carbonyl (C=O) groups is 3. The number of aromatic hydroxyl groups is 1. The van der Waals surface area contributed by atoms with Crippen molar-refractivity contribution in [3.05, 3.63) is 42.0 Å². The maximum Gasteiger partial charge on any atom is 0.339 e. The zero-order valence-electron chi connectivity index (χ0n) is 36.3. The average Bonchev–Trinajstić information content (AvgIpc) is 3.58. The minimum Gasteiger partial charge on any atom is -0.508 e. The fraction of sp³-hybridized carbons (Fsp3) is 0.750. The molecule has 0 aromatic heterocycles. The molecule has 1 amide bonds. The van der Waals surface area contributed by atoms with Crippen molar-refractivity contribution in [1.29, 1.82) is 0 Å². The molecule has 3 atom stereocenters. The number of unbranched alkanes of at least 4 members (excludes halogenated alkanes) is 8. The third-order valence-corrected chi connectivity index (χ3v) is 15.5. The highest BCUT2D eigenvalue weighted by Crippen LogP contribution is 2.38. The van der Waals surface area contributed by atoms with Gasteiger partial charge in [0.25, 0.3) is 0 Å². The summed E-state index contributed by atoms with van der Waals surface area (Å²) < 4.78 is 29.4. The predicted molar refractivity (Wildman–Crippen MR) is 223 cm³/mol. The second-order valence-electron chi connectivity index (χ2n) is 17.9. The van der Waals surface area contributed by atoms with Crippen LogP contribution in [0.15, 0.2) is 36.4 Å². The molecule has 1 unspecified atom stereocenters. The standard InChI is InChI=1S/C44H75NO10Si/c1-11-12-13-17-20-27-43(52-31-32-53-43)28-21-18-15-14-16-19-22-36(38(47)45-37(39(48)51-8)33-34-23-25-35(46)26-24-34)44(50,40(49)55-41(2,3)4)29-30-54-56(9,10)42(5,6)7/h19,22-26,36-37,46,50H,11-18,20-21,27-33H2,1-10H3,(H,45,47)/b22-19+/t36-,37?,44-/m1/s1. The van der Waals surface area contributed by atoms with Gasteiger partial charge in [-0.05, 0) is 82.3 Å². The number of hydrogen-bond acceptors (Lipinski definition) is 10. The Morgan fingerprint density at radius 1 is 0.911 bits per heavy atom. The molecular weight excluding hydrogens is 731 g/mol. The number of nitrogens with one attached hydrogen (secondary N) is 1. The number of rotatable bonds is 25. The molecule has 0 spiro atoms. The van der Waals surface area contributed by atoms with Crippen molar-refractivity contribution in [1.82, 2.24) is 5.32 Å². The molecule has 0 radical (unpaired) electrons. The molecule has 0 bridgehead atoms. The molecule has 1 aromatic rings. The van der Waals surface area contributed by atoms with Crippen LogP contribution in [-0.4, -0.2) is 86.3 Å². The van der Waals surface area contributed by atoms with Crippen LogP contribution in [-0.2, 0) is 44.2 Å². The molecular formula is C44H75NO10Si. The fourth-order valence-electron chi connectivity index (χ4n) is 6.51. The summed E-state index contributed by atoms with van der Waals surface area (Å²) in [6.07, 6.45) is 15.4. The summed E-state index contributed by atoms with van der Waals surface area (Å²) >= 11 is 0. The fourth-order valence-corrected chi connectivity index (χ4v) is 7.55. The first kappa shape index (κ1) is 49.4. The highest BCUT2D eigenvalue weighted by atomic mass is 28.4. The van der Waals surface area contributed by atoms with Gasteiger partial charge in [-0.25, -0.2) is 9.59 Å². The minimum absolute atomic E-state index is 0.0193. The molecule has 1 fully saturated rings. The highest BCUT2D eigenvalue weighted by molar-refractivity contribution is 6.74. The Morgan fingerprint density at radius 2 is 1.48 bits per heavy atom. The first-order chi connectivity index (χ1) is 26.2. The van der Waals surface area contributed by atoms with Crippen molar-refractivity contribution in [2.45, 2.75) is 180 Å². The largest absolute Gasteiger partial charge is 0.508 e. The van der Waals surface area contributed by atoms with Gasteiger partial charge in [0.1, 0.15) is 17.4 Å². The van der Waals surface area contributed by atoms with Gasteiger partial charge < -0.3 is 38.9 Å². The van der Waals surface area contributed by atoms with Gasteiger partial charge in [0, 0.05) is 32.3 Å². The molecule has 1 aliphatic heterocycles. The second kappa shape index (κ2) is 23.0. The first-order valence-corrected chi connectivity index (χ1v) is 23.8. The van der Waals surface area contributed by atoms with E-state index in [1.165, 1.54) is 44.9 Å². The topological polar surface area (TPSA) is 150 Å². The number of ether oxygens (including phenoxy) is 4. The van der Waals surface area contributed by atoms with Gasteiger partial charge in [-0.2, -0.15) is 0 Å². The summed E-state index contributed by atoms with van der Waals surface area (Å²) in [4.78, 5) is 41.3. The molecule has 0 saturated carbocycles. The van der Waals surface area contributed by atoms with Crippen molar-refractivity contribution in [3.8, 4) is 5.75 Å². The van der Waals surface area contributed by atoms with Crippen LogP contribution in [0.5, 0.6) is 5.75 Å². The van der Waals surface area contributed by atoms with Gasteiger partial charge in [0.05, 0.1) is 26.2 Å². The normalized spacial score (nSPS) is 17.0. The summed E-state index contributed by atoms with van der Waals surface area (Å²) in [5, 5.41) is 24.8. The maximum absolute atomic E-state index is 14.3. The van der Waals surface area contributed by atoms with Gasteiger partial charge in [0.2, 0.25) is 5.91 Å². The van der Waals surface area contributed by atoms with E-state index in [1.54, 1.807) is 39.0 Å². The van der Waals surface area contributed by atoms with Crippen LogP contribution < -0.4 is 5.32 Å². The van der Waals surface area contributed by atoms with Crippen molar-refractivity contribution in [2.24, 2.45) is 5.92 Å². The Kier molecular flexibility index (Phi) is 20.3. The molecule has 3 N–H and O–H groups in total. The number of esters is 2. The Hall–Kier alpha value is -2.77. The lowest BCUT2D eigenvalue weighted by molar-refractivity contribution is -0.185. The number of amides is 1. The van der Waals surface area contributed by atoms with Gasteiger partial charge in [-0.1, -0.05) is 90.5 Å². The van der Waals surface area contributed by atoms with E-state index in [0.29, 0.717) is 25.2 Å². The van der Waals surface area contributed by atoms with Crippen LogP contribution in [0.1, 0.15) is 138 Å². The number of phenolic OH excluding ortho intramolecular Hbond substituents is 1. The number of hydrogen-bond donors (Lipinski definition) is 3. The van der Waals surface area contributed by atoms with Crippen LogP contribution in [0.4, 0.5) is 0 Å². The van der Waals surface area contributed by atoms with Gasteiger partial charge in [0.15, 0.2) is 19.7 Å². The molecule has 0 aliphatic carbocycles. The predicted octanol–water partition coefficient (Wildman–Crippen LogP) is 8.69. The number of methoxy groups -OCH3 is 1. The van der Waals surface area contributed by atoms with Crippen molar-refractivity contribution in [3.63, 3.8) is 0 Å². The molecule has 320 valence electrons. The summed E-state index contributed by atoms with van der Waals surface area (Å²) in [5.41, 5.74) is -2.60. The van der Waals surface area contributed by atoms with Crippen LogP contribution in [0.25, 0.3) is 0 Å².